The van der Waals surface area contributed by atoms with Crippen LogP contribution in [-0.2, 0) is 0 Å². The van der Waals surface area contributed by atoms with E-state index in [0.29, 0.717) is 5.92 Å². The molecule has 0 amide bonds. The molecule has 14 heavy (non-hydrogen) atoms. The Morgan fingerprint density at radius 2 is 2.14 bits per heavy atom. The fourth-order valence-electron chi connectivity index (χ4n) is 1.44. The largest absolute Gasteiger partial charge is 0.286 e. The van der Waals surface area contributed by atoms with Crippen LogP contribution in [0, 0.1) is 0 Å². The van der Waals surface area contributed by atoms with Crippen LogP contribution in [0.25, 0.3) is 11.7 Å². The topological polar surface area (TPSA) is 30.2 Å². The number of hydrogen-bond acceptors (Lipinski definition) is 2. The Labute approximate surface area is 83.1 Å². The van der Waals surface area contributed by atoms with Gasteiger partial charge in [-0.3, -0.25) is 4.40 Å². The van der Waals surface area contributed by atoms with Crippen molar-refractivity contribution in [3.05, 3.63) is 36.3 Å². The fraction of sp³-hybridized carbons (Fsp3) is 0.273. The number of pyridine rings is 1. The van der Waals surface area contributed by atoms with Gasteiger partial charge in [0.2, 0.25) is 0 Å². The molecule has 0 spiro atoms. The molecule has 0 N–H and O–H groups in total. The van der Waals surface area contributed by atoms with E-state index in [0.717, 1.165) is 17.0 Å². The first-order chi connectivity index (χ1) is 6.72. The summed E-state index contributed by atoms with van der Waals surface area (Å²) in [5.74, 6) is 1.37. The number of fused-ring (bicyclic) bond motifs is 1. The van der Waals surface area contributed by atoms with E-state index in [9.17, 15) is 0 Å². The van der Waals surface area contributed by atoms with Crippen molar-refractivity contribution in [2.75, 3.05) is 0 Å². The lowest BCUT2D eigenvalue weighted by Crippen LogP contribution is -1.96. The molecule has 2 aromatic rings. The normalized spacial score (nSPS) is 11.1. The van der Waals surface area contributed by atoms with E-state index in [2.05, 4.69) is 30.6 Å². The van der Waals surface area contributed by atoms with Crippen LogP contribution >= 0.6 is 0 Å². The third kappa shape index (κ3) is 1.31. The molecular weight excluding hydrogens is 174 g/mol. The quantitative estimate of drug-likeness (QED) is 0.723. The highest BCUT2D eigenvalue weighted by Gasteiger charge is 2.08. The van der Waals surface area contributed by atoms with Crippen LogP contribution < -0.4 is 0 Å². The Morgan fingerprint density at radius 3 is 2.79 bits per heavy atom. The highest BCUT2D eigenvalue weighted by molar-refractivity contribution is 5.50. The van der Waals surface area contributed by atoms with Crippen molar-refractivity contribution >= 4 is 11.7 Å². The minimum atomic E-state index is 0.380. The molecule has 72 valence electrons. The lowest BCUT2D eigenvalue weighted by atomic mass is 10.2. The Hall–Kier alpha value is -1.64. The van der Waals surface area contributed by atoms with Gasteiger partial charge in [-0.2, -0.15) is 0 Å². The second kappa shape index (κ2) is 3.25. The van der Waals surface area contributed by atoms with Crippen LogP contribution in [0.4, 0.5) is 0 Å². The molecule has 2 heterocycles. The van der Waals surface area contributed by atoms with Crippen molar-refractivity contribution in [3.8, 4) is 0 Å². The second-order valence-electron chi connectivity index (χ2n) is 3.61. The summed E-state index contributed by atoms with van der Waals surface area (Å²) in [5.41, 5.74) is 1.97. The number of aromatic nitrogens is 3. The molecule has 0 fully saturated rings. The van der Waals surface area contributed by atoms with E-state index < -0.39 is 0 Å². The van der Waals surface area contributed by atoms with E-state index >= 15 is 0 Å². The highest BCUT2D eigenvalue weighted by Crippen LogP contribution is 2.14. The van der Waals surface area contributed by atoms with Gasteiger partial charge in [-0.15, -0.1) is 10.2 Å². The van der Waals surface area contributed by atoms with E-state index in [1.807, 2.05) is 28.8 Å². The van der Waals surface area contributed by atoms with Gasteiger partial charge in [0, 0.05) is 12.1 Å². The van der Waals surface area contributed by atoms with Crippen LogP contribution in [-0.4, -0.2) is 14.6 Å². The van der Waals surface area contributed by atoms with Crippen LogP contribution in [0.2, 0.25) is 0 Å². The van der Waals surface area contributed by atoms with Crippen LogP contribution in [0.15, 0.2) is 24.9 Å². The number of rotatable bonds is 2. The van der Waals surface area contributed by atoms with Crippen LogP contribution in [0.1, 0.15) is 31.2 Å². The van der Waals surface area contributed by atoms with Crippen LogP contribution in [0.5, 0.6) is 0 Å². The third-order valence-electron chi connectivity index (χ3n) is 2.20. The van der Waals surface area contributed by atoms with Crippen molar-refractivity contribution in [1.82, 2.24) is 14.6 Å². The van der Waals surface area contributed by atoms with Crippen molar-refractivity contribution in [3.63, 3.8) is 0 Å². The molecule has 0 unspecified atom stereocenters. The van der Waals surface area contributed by atoms with Crippen molar-refractivity contribution in [2.24, 2.45) is 0 Å². The maximum absolute atomic E-state index is 4.15. The molecule has 0 bridgehead atoms. The summed E-state index contributed by atoms with van der Waals surface area (Å²) in [6.45, 7) is 7.96. The summed E-state index contributed by atoms with van der Waals surface area (Å²) < 4.78 is 2.02. The smallest absolute Gasteiger partial charge is 0.160 e. The molecule has 0 aromatic carbocycles. The van der Waals surface area contributed by atoms with E-state index in [4.69, 9.17) is 0 Å². The minimum Gasteiger partial charge on any atom is -0.286 e. The third-order valence-corrected chi connectivity index (χ3v) is 2.20. The monoisotopic (exact) mass is 187 g/mol. The molecule has 0 radical (unpaired) electrons. The molecule has 0 saturated heterocycles. The summed E-state index contributed by atoms with van der Waals surface area (Å²) >= 11 is 0. The number of nitrogens with zero attached hydrogens (tertiary/aromatic N) is 3. The van der Waals surface area contributed by atoms with Crippen molar-refractivity contribution in [1.29, 1.82) is 0 Å². The van der Waals surface area contributed by atoms with E-state index in [1.54, 1.807) is 0 Å². The SMILES string of the molecule is C=Cc1ccc2nnc(C(C)C)n2c1. The Kier molecular flexibility index (Phi) is 2.08. The lowest BCUT2D eigenvalue weighted by Gasteiger charge is -2.02. The Bertz CT molecular complexity index is 468. The molecule has 0 aliphatic carbocycles. The molecule has 2 aromatic heterocycles. The predicted molar refractivity (Wildman–Crippen MR) is 57.2 cm³/mol. The standard InChI is InChI=1S/C11H13N3/c1-4-9-5-6-10-12-13-11(8(2)3)14(10)7-9/h4-8H,1H2,2-3H3. The maximum Gasteiger partial charge on any atom is 0.160 e. The van der Waals surface area contributed by atoms with Gasteiger partial charge in [0.15, 0.2) is 5.65 Å². The lowest BCUT2D eigenvalue weighted by molar-refractivity contribution is 0.759. The summed E-state index contributed by atoms with van der Waals surface area (Å²) in [7, 11) is 0. The van der Waals surface area contributed by atoms with Gasteiger partial charge in [-0.25, -0.2) is 0 Å². The van der Waals surface area contributed by atoms with Gasteiger partial charge in [0.25, 0.3) is 0 Å². The van der Waals surface area contributed by atoms with Crippen molar-refractivity contribution in [2.45, 2.75) is 19.8 Å². The maximum atomic E-state index is 4.15. The molecule has 0 saturated carbocycles. The Morgan fingerprint density at radius 1 is 1.36 bits per heavy atom. The zero-order valence-electron chi connectivity index (χ0n) is 8.44. The molecule has 3 heteroatoms. The van der Waals surface area contributed by atoms with Gasteiger partial charge in [-0.1, -0.05) is 26.5 Å². The Balaban J connectivity index is 2.69. The summed E-state index contributed by atoms with van der Waals surface area (Å²) in [6.07, 6.45) is 3.83. The first-order valence-corrected chi connectivity index (χ1v) is 4.69. The van der Waals surface area contributed by atoms with Crippen molar-refractivity contribution < 1.29 is 0 Å². The molecule has 0 aliphatic rings. The van der Waals surface area contributed by atoms with Gasteiger partial charge >= 0.3 is 0 Å². The highest BCUT2D eigenvalue weighted by atomic mass is 15.2. The molecular formula is C11H13N3. The zero-order valence-corrected chi connectivity index (χ0v) is 8.44. The second-order valence-corrected chi connectivity index (χ2v) is 3.61. The van der Waals surface area contributed by atoms with Gasteiger partial charge < -0.3 is 0 Å². The fourth-order valence-corrected chi connectivity index (χ4v) is 1.44. The molecule has 0 aliphatic heterocycles. The predicted octanol–water partition coefficient (Wildman–Crippen LogP) is 2.50. The summed E-state index contributed by atoms with van der Waals surface area (Å²) in [4.78, 5) is 0. The zero-order chi connectivity index (χ0) is 10.1. The van der Waals surface area contributed by atoms with E-state index in [1.165, 1.54) is 0 Å². The average Bonchev–Trinajstić information content (AvgIpc) is 2.59. The summed E-state index contributed by atoms with van der Waals surface area (Å²) in [6, 6.07) is 3.94. The summed E-state index contributed by atoms with van der Waals surface area (Å²) in [5, 5.41) is 8.24. The first-order valence-electron chi connectivity index (χ1n) is 4.69. The van der Waals surface area contributed by atoms with Gasteiger partial charge in [0.1, 0.15) is 5.82 Å². The molecule has 0 atom stereocenters. The minimum absolute atomic E-state index is 0.380. The molecule has 2 rings (SSSR count). The molecule has 3 nitrogen and oxygen atoms in total. The van der Waals surface area contributed by atoms with Crippen LogP contribution in [0.3, 0.4) is 0 Å². The first kappa shape index (κ1) is 8.94. The number of hydrogen-bond donors (Lipinski definition) is 0. The van der Waals surface area contributed by atoms with Gasteiger partial charge in [0.05, 0.1) is 0 Å². The van der Waals surface area contributed by atoms with Gasteiger partial charge in [-0.05, 0) is 17.7 Å². The van der Waals surface area contributed by atoms with E-state index in [-0.39, 0.29) is 0 Å². The average molecular weight is 187 g/mol.